The van der Waals surface area contributed by atoms with Gasteiger partial charge >= 0.3 is 5.97 Å². The third-order valence-electron chi connectivity index (χ3n) is 4.30. The van der Waals surface area contributed by atoms with Gasteiger partial charge in [-0.05, 0) is 43.9 Å². The molecular formula is C19H25N3O4S. The molecule has 0 bridgehead atoms. The average Bonchev–Trinajstić information content (AvgIpc) is 3.05. The van der Waals surface area contributed by atoms with Gasteiger partial charge in [-0.3, -0.25) is 14.4 Å². The van der Waals surface area contributed by atoms with Crippen LogP contribution in [0.5, 0.6) is 0 Å². The number of ether oxygens (including phenoxy) is 1. The first-order valence-electron chi connectivity index (χ1n) is 8.51. The highest BCUT2D eigenvalue weighted by atomic mass is 32.2. The van der Waals surface area contributed by atoms with Crippen LogP contribution in [0.15, 0.2) is 23.2 Å². The standard InChI is InChI=1S/C19H25N3O4S/c1-11-9-14(10-17(24)26-13(3)20-12(2)23)21(4)18(11)19(25)15-7-8-16(27-6)22(15)5/h7-9,13H,10H2,1-6H3,(H,20,23). The van der Waals surface area contributed by atoms with E-state index < -0.39 is 12.2 Å². The van der Waals surface area contributed by atoms with Crippen LogP contribution in [-0.2, 0) is 34.8 Å². The topological polar surface area (TPSA) is 82.3 Å². The molecule has 2 heterocycles. The molecule has 7 nitrogen and oxygen atoms in total. The monoisotopic (exact) mass is 391 g/mol. The summed E-state index contributed by atoms with van der Waals surface area (Å²) in [7, 11) is 3.62. The normalized spacial score (nSPS) is 11.9. The van der Waals surface area contributed by atoms with Crippen molar-refractivity contribution < 1.29 is 19.1 Å². The minimum absolute atomic E-state index is 0.0117. The summed E-state index contributed by atoms with van der Waals surface area (Å²) in [6.07, 6.45) is 1.27. The molecule has 1 N–H and O–H groups in total. The molecule has 0 saturated heterocycles. The zero-order chi connectivity index (χ0) is 20.3. The van der Waals surface area contributed by atoms with Gasteiger partial charge in [-0.2, -0.15) is 0 Å². The van der Waals surface area contributed by atoms with Gasteiger partial charge in [0.25, 0.3) is 0 Å². The number of hydrogen-bond donors (Lipinski definition) is 1. The van der Waals surface area contributed by atoms with Crippen molar-refractivity contribution in [2.24, 2.45) is 14.1 Å². The summed E-state index contributed by atoms with van der Waals surface area (Å²) in [6.45, 7) is 4.79. The lowest BCUT2D eigenvalue weighted by atomic mass is 10.1. The van der Waals surface area contributed by atoms with Crippen molar-refractivity contribution in [3.05, 3.63) is 40.8 Å². The number of nitrogens with zero attached hydrogens (tertiary/aromatic N) is 2. The molecule has 0 saturated carbocycles. The molecule has 1 amide bonds. The quantitative estimate of drug-likeness (QED) is 0.339. The highest BCUT2D eigenvalue weighted by Gasteiger charge is 2.23. The van der Waals surface area contributed by atoms with Crippen LogP contribution in [0.25, 0.3) is 0 Å². The Kier molecular flexibility index (Phi) is 6.54. The maximum absolute atomic E-state index is 13.0. The molecule has 0 aromatic carbocycles. The Morgan fingerprint density at radius 1 is 1.22 bits per heavy atom. The van der Waals surface area contributed by atoms with Crippen LogP contribution in [0.2, 0.25) is 0 Å². The van der Waals surface area contributed by atoms with E-state index in [1.807, 2.05) is 43.0 Å². The number of aromatic nitrogens is 2. The number of hydrogen-bond acceptors (Lipinski definition) is 5. The Morgan fingerprint density at radius 3 is 2.44 bits per heavy atom. The van der Waals surface area contributed by atoms with E-state index in [1.54, 1.807) is 30.3 Å². The van der Waals surface area contributed by atoms with Crippen molar-refractivity contribution in [2.45, 2.75) is 38.4 Å². The number of nitrogens with one attached hydrogen (secondary N) is 1. The number of amides is 1. The smallest absolute Gasteiger partial charge is 0.313 e. The third kappa shape index (κ3) is 4.63. The fraction of sp³-hybridized carbons (Fsp3) is 0.421. The Hall–Kier alpha value is -2.48. The molecular weight excluding hydrogens is 366 g/mol. The number of carbonyl (C=O) groups is 3. The third-order valence-corrected chi connectivity index (χ3v) is 5.12. The first kappa shape index (κ1) is 20.8. The second-order valence-electron chi connectivity index (χ2n) is 6.38. The van der Waals surface area contributed by atoms with Gasteiger partial charge < -0.3 is 19.2 Å². The molecule has 27 heavy (non-hydrogen) atoms. The summed E-state index contributed by atoms with van der Waals surface area (Å²) in [6, 6.07) is 5.54. The summed E-state index contributed by atoms with van der Waals surface area (Å²) < 4.78 is 8.77. The second kappa shape index (κ2) is 8.47. The number of aryl methyl sites for hydroxylation is 1. The number of carbonyl (C=O) groups excluding carboxylic acids is 3. The average molecular weight is 391 g/mol. The van der Waals surface area contributed by atoms with Gasteiger partial charge in [-0.15, -0.1) is 11.8 Å². The van der Waals surface area contributed by atoms with E-state index in [1.165, 1.54) is 6.92 Å². The molecule has 0 radical (unpaired) electrons. The zero-order valence-corrected chi connectivity index (χ0v) is 17.3. The first-order valence-corrected chi connectivity index (χ1v) is 9.74. The molecule has 2 aromatic rings. The summed E-state index contributed by atoms with van der Waals surface area (Å²) in [4.78, 5) is 36.2. The minimum Gasteiger partial charge on any atom is -0.442 e. The summed E-state index contributed by atoms with van der Waals surface area (Å²) in [5.74, 6) is -0.839. The fourth-order valence-corrected chi connectivity index (χ4v) is 3.65. The van der Waals surface area contributed by atoms with Crippen molar-refractivity contribution >= 4 is 29.4 Å². The Balaban J connectivity index is 2.21. The number of rotatable bonds is 7. The largest absolute Gasteiger partial charge is 0.442 e. The van der Waals surface area contributed by atoms with Crippen molar-refractivity contribution in [2.75, 3.05) is 6.26 Å². The van der Waals surface area contributed by atoms with Crippen LogP contribution in [0.1, 0.15) is 41.3 Å². The van der Waals surface area contributed by atoms with Crippen molar-refractivity contribution in [3.8, 4) is 0 Å². The van der Waals surface area contributed by atoms with Gasteiger partial charge in [-0.1, -0.05) is 0 Å². The second-order valence-corrected chi connectivity index (χ2v) is 7.21. The maximum Gasteiger partial charge on any atom is 0.313 e. The highest BCUT2D eigenvalue weighted by molar-refractivity contribution is 7.98. The van der Waals surface area contributed by atoms with Crippen LogP contribution in [0.4, 0.5) is 0 Å². The lowest BCUT2D eigenvalue weighted by Crippen LogP contribution is -2.35. The van der Waals surface area contributed by atoms with Gasteiger partial charge in [0, 0.05) is 26.7 Å². The van der Waals surface area contributed by atoms with Crippen LogP contribution in [-0.4, -0.2) is 39.3 Å². The summed E-state index contributed by atoms with van der Waals surface area (Å²) >= 11 is 1.57. The molecule has 2 aromatic heterocycles. The maximum atomic E-state index is 13.0. The number of thioether (sulfide) groups is 1. The molecule has 2 rings (SSSR count). The molecule has 146 valence electrons. The van der Waals surface area contributed by atoms with Gasteiger partial charge in [0.1, 0.15) is 0 Å². The molecule has 0 fully saturated rings. The molecule has 0 aliphatic rings. The summed E-state index contributed by atoms with van der Waals surface area (Å²) in [5.41, 5.74) is 2.61. The van der Waals surface area contributed by atoms with Crippen molar-refractivity contribution in [1.29, 1.82) is 0 Å². The number of esters is 1. The molecule has 8 heteroatoms. The Labute approximate surface area is 163 Å². The van der Waals surface area contributed by atoms with E-state index in [0.717, 1.165) is 10.6 Å². The van der Waals surface area contributed by atoms with Crippen LogP contribution < -0.4 is 5.32 Å². The van der Waals surface area contributed by atoms with Gasteiger partial charge in [0.05, 0.1) is 22.8 Å². The first-order chi connectivity index (χ1) is 12.6. The zero-order valence-electron chi connectivity index (χ0n) is 16.5. The van der Waals surface area contributed by atoms with Gasteiger partial charge in [-0.25, -0.2) is 0 Å². The Bertz CT molecular complexity index is 882. The Morgan fingerprint density at radius 2 is 1.89 bits per heavy atom. The predicted octanol–water partition coefficient (Wildman–Crippen LogP) is 2.19. The SMILES string of the molecule is CSc1ccc(C(=O)c2c(C)cc(CC(=O)OC(C)NC(C)=O)n2C)n1C. The lowest BCUT2D eigenvalue weighted by molar-refractivity contribution is -0.150. The van der Waals surface area contributed by atoms with Crippen molar-refractivity contribution in [3.63, 3.8) is 0 Å². The van der Waals surface area contributed by atoms with E-state index in [0.29, 0.717) is 17.1 Å². The fourth-order valence-electron chi connectivity index (χ4n) is 3.07. The van der Waals surface area contributed by atoms with Crippen LogP contribution in [0.3, 0.4) is 0 Å². The molecule has 0 spiro atoms. The molecule has 1 unspecified atom stereocenters. The minimum atomic E-state index is -0.703. The van der Waals surface area contributed by atoms with Crippen LogP contribution >= 0.6 is 11.8 Å². The van der Waals surface area contributed by atoms with E-state index in [9.17, 15) is 14.4 Å². The van der Waals surface area contributed by atoms with E-state index >= 15 is 0 Å². The highest BCUT2D eigenvalue weighted by Crippen LogP contribution is 2.23. The van der Waals surface area contributed by atoms with Crippen LogP contribution in [0, 0.1) is 6.92 Å². The molecule has 0 aliphatic heterocycles. The van der Waals surface area contributed by atoms with E-state index in [-0.39, 0.29) is 18.1 Å². The lowest BCUT2D eigenvalue weighted by Gasteiger charge is -2.14. The predicted molar refractivity (Wildman–Crippen MR) is 104 cm³/mol. The van der Waals surface area contributed by atoms with Gasteiger partial charge in [0.2, 0.25) is 11.7 Å². The number of ketones is 1. The van der Waals surface area contributed by atoms with Crippen molar-refractivity contribution in [1.82, 2.24) is 14.5 Å². The summed E-state index contributed by atoms with van der Waals surface area (Å²) in [5, 5.41) is 3.50. The molecule has 1 atom stereocenters. The molecule has 0 aliphatic carbocycles. The van der Waals surface area contributed by atoms with Gasteiger partial charge in [0.15, 0.2) is 6.23 Å². The van der Waals surface area contributed by atoms with E-state index in [2.05, 4.69) is 5.32 Å². The van der Waals surface area contributed by atoms with E-state index in [4.69, 9.17) is 4.74 Å².